The molecule has 7 heteroatoms. The average Bonchev–Trinajstić information content (AvgIpc) is 2.88. The Morgan fingerprint density at radius 2 is 1.41 bits per heavy atom. The number of piperidine rings is 1. The summed E-state index contributed by atoms with van der Waals surface area (Å²) in [5.74, 6) is 0.0287. The summed E-state index contributed by atoms with van der Waals surface area (Å²) in [6.07, 6.45) is 1.82. The van der Waals surface area contributed by atoms with Crippen molar-refractivity contribution in [2.45, 2.75) is 30.1 Å². The van der Waals surface area contributed by atoms with Gasteiger partial charge in [0, 0.05) is 36.5 Å². The number of nitrogens with zero attached hydrogens (tertiary/aromatic N) is 1. The van der Waals surface area contributed by atoms with Gasteiger partial charge in [0.15, 0.2) is 0 Å². The smallest absolute Gasteiger partial charge is 0.243 e. The Hall–Kier alpha value is -2.67. The molecule has 1 heterocycles. The fourth-order valence-corrected chi connectivity index (χ4v) is 6.09. The zero-order chi connectivity index (χ0) is 24.0. The SMILES string of the molecule is O=C(NCCC(c1ccccc1)c1ccccc1)C1CCN(S(=O)(=O)c2ccc(Cl)cc2)CC1. The number of sulfonamides is 1. The Labute approximate surface area is 206 Å². The van der Waals surface area contributed by atoms with E-state index in [4.69, 9.17) is 11.6 Å². The van der Waals surface area contributed by atoms with Gasteiger partial charge in [-0.05, 0) is 54.7 Å². The van der Waals surface area contributed by atoms with Gasteiger partial charge < -0.3 is 5.32 Å². The van der Waals surface area contributed by atoms with Crippen LogP contribution in [-0.2, 0) is 14.8 Å². The molecule has 0 radical (unpaired) electrons. The molecule has 0 saturated carbocycles. The minimum Gasteiger partial charge on any atom is -0.356 e. The van der Waals surface area contributed by atoms with Crippen molar-refractivity contribution in [2.75, 3.05) is 19.6 Å². The van der Waals surface area contributed by atoms with Gasteiger partial charge >= 0.3 is 0 Å². The molecule has 0 aromatic heterocycles. The van der Waals surface area contributed by atoms with Gasteiger partial charge in [0.05, 0.1) is 4.90 Å². The number of hydrogen-bond donors (Lipinski definition) is 1. The molecule has 1 aliphatic rings. The van der Waals surface area contributed by atoms with Gasteiger partial charge in [0.25, 0.3) is 0 Å². The van der Waals surface area contributed by atoms with Crippen molar-refractivity contribution >= 4 is 27.5 Å². The van der Waals surface area contributed by atoms with Crippen LogP contribution in [0.2, 0.25) is 5.02 Å². The highest BCUT2D eigenvalue weighted by molar-refractivity contribution is 7.89. The van der Waals surface area contributed by atoms with Crippen LogP contribution in [0.1, 0.15) is 36.3 Å². The number of carbonyl (C=O) groups is 1. The first kappa shape index (κ1) is 24.5. The summed E-state index contributed by atoms with van der Waals surface area (Å²) in [7, 11) is -3.57. The van der Waals surface area contributed by atoms with Crippen molar-refractivity contribution < 1.29 is 13.2 Å². The Kier molecular flexibility index (Phi) is 8.03. The van der Waals surface area contributed by atoms with E-state index < -0.39 is 10.0 Å². The highest BCUT2D eigenvalue weighted by atomic mass is 35.5. The van der Waals surface area contributed by atoms with Crippen molar-refractivity contribution in [1.29, 1.82) is 0 Å². The van der Waals surface area contributed by atoms with Crippen LogP contribution >= 0.6 is 11.6 Å². The molecule has 1 N–H and O–H groups in total. The van der Waals surface area contributed by atoms with Gasteiger partial charge in [-0.25, -0.2) is 8.42 Å². The Balaban J connectivity index is 1.31. The van der Waals surface area contributed by atoms with Crippen LogP contribution < -0.4 is 5.32 Å². The quantitative estimate of drug-likeness (QED) is 0.473. The maximum absolute atomic E-state index is 12.9. The molecular weight excluding hydrogens is 468 g/mol. The molecule has 0 bridgehead atoms. The lowest BCUT2D eigenvalue weighted by atomic mass is 9.88. The Bertz CT molecular complexity index is 1140. The second-order valence-electron chi connectivity index (χ2n) is 8.59. The molecule has 1 fully saturated rings. The number of carbonyl (C=O) groups excluding carboxylic acids is 1. The standard InChI is InChI=1S/C27H29ClN2O3S/c28-24-11-13-25(14-12-24)34(32,33)30-19-16-23(17-20-30)27(31)29-18-15-26(21-7-3-1-4-8-21)22-9-5-2-6-10-22/h1-14,23,26H,15-20H2,(H,29,31). The van der Waals surface area contributed by atoms with Crippen LogP contribution in [0.3, 0.4) is 0 Å². The maximum Gasteiger partial charge on any atom is 0.243 e. The number of halogens is 1. The molecule has 5 nitrogen and oxygen atoms in total. The van der Waals surface area contributed by atoms with Crippen molar-refractivity contribution in [2.24, 2.45) is 5.92 Å². The van der Waals surface area contributed by atoms with Gasteiger partial charge in [-0.2, -0.15) is 4.31 Å². The number of hydrogen-bond acceptors (Lipinski definition) is 3. The summed E-state index contributed by atoms with van der Waals surface area (Å²) in [5, 5.41) is 3.59. The van der Waals surface area contributed by atoms with Gasteiger partial charge in [-0.15, -0.1) is 0 Å². The predicted octanol–water partition coefficient (Wildman–Crippen LogP) is 5.08. The number of benzene rings is 3. The van der Waals surface area contributed by atoms with Gasteiger partial charge in [0.1, 0.15) is 0 Å². The normalized spacial score (nSPS) is 15.4. The predicted molar refractivity (Wildman–Crippen MR) is 135 cm³/mol. The van der Waals surface area contributed by atoms with E-state index in [1.807, 2.05) is 36.4 Å². The zero-order valence-electron chi connectivity index (χ0n) is 18.9. The molecule has 0 aliphatic carbocycles. The van der Waals surface area contributed by atoms with E-state index in [1.54, 1.807) is 12.1 Å². The summed E-state index contributed by atoms with van der Waals surface area (Å²) in [6, 6.07) is 26.8. The molecule has 1 aliphatic heterocycles. The summed E-state index contributed by atoms with van der Waals surface area (Å²) in [4.78, 5) is 13.1. The third-order valence-corrected chi connectivity index (χ3v) is 8.58. The molecule has 0 unspecified atom stereocenters. The molecule has 1 amide bonds. The first-order chi connectivity index (χ1) is 16.4. The van der Waals surface area contributed by atoms with Crippen molar-refractivity contribution in [1.82, 2.24) is 9.62 Å². The second-order valence-corrected chi connectivity index (χ2v) is 11.0. The Morgan fingerprint density at radius 1 is 0.882 bits per heavy atom. The number of amides is 1. The summed E-state index contributed by atoms with van der Waals surface area (Å²) >= 11 is 5.88. The van der Waals surface area contributed by atoms with Crippen LogP contribution in [0.4, 0.5) is 0 Å². The Morgan fingerprint density at radius 3 is 1.94 bits per heavy atom. The third kappa shape index (κ3) is 5.87. The minimum atomic E-state index is -3.57. The van der Waals surface area contributed by atoms with Crippen LogP contribution in [0.25, 0.3) is 0 Å². The largest absolute Gasteiger partial charge is 0.356 e. The zero-order valence-corrected chi connectivity index (χ0v) is 20.5. The number of nitrogens with one attached hydrogen (secondary N) is 1. The molecule has 34 heavy (non-hydrogen) atoms. The monoisotopic (exact) mass is 496 g/mol. The van der Waals surface area contributed by atoms with Crippen LogP contribution in [0.5, 0.6) is 0 Å². The van der Waals surface area contributed by atoms with E-state index in [-0.39, 0.29) is 22.6 Å². The van der Waals surface area contributed by atoms with E-state index >= 15 is 0 Å². The summed E-state index contributed by atoms with van der Waals surface area (Å²) in [5.41, 5.74) is 2.45. The van der Waals surface area contributed by atoms with E-state index in [0.29, 0.717) is 37.5 Å². The molecule has 1 saturated heterocycles. The van der Waals surface area contributed by atoms with E-state index in [1.165, 1.54) is 27.6 Å². The minimum absolute atomic E-state index is 0.00316. The molecular formula is C27H29ClN2O3S. The lowest BCUT2D eigenvalue weighted by molar-refractivity contribution is -0.126. The summed E-state index contributed by atoms with van der Waals surface area (Å²) in [6.45, 7) is 1.23. The van der Waals surface area contributed by atoms with Crippen molar-refractivity contribution in [3.05, 3.63) is 101 Å². The topological polar surface area (TPSA) is 66.5 Å². The van der Waals surface area contributed by atoms with Crippen molar-refractivity contribution in [3.63, 3.8) is 0 Å². The highest BCUT2D eigenvalue weighted by Gasteiger charge is 2.32. The third-order valence-electron chi connectivity index (χ3n) is 6.41. The van der Waals surface area contributed by atoms with E-state index in [0.717, 1.165) is 6.42 Å². The van der Waals surface area contributed by atoms with Gasteiger partial charge in [-0.1, -0.05) is 72.3 Å². The van der Waals surface area contributed by atoms with Gasteiger partial charge in [0.2, 0.25) is 15.9 Å². The second kappa shape index (κ2) is 11.2. The molecule has 0 spiro atoms. The van der Waals surface area contributed by atoms with Gasteiger partial charge in [-0.3, -0.25) is 4.79 Å². The van der Waals surface area contributed by atoms with Crippen LogP contribution in [0, 0.1) is 5.92 Å². The molecule has 3 aromatic rings. The number of rotatable bonds is 8. The fraction of sp³-hybridized carbons (Fsp3) is 0.296. The van der Waals surface area contributed by atoms with Crippen LogP contribution in [-0.4, -0.2) is 38.3 Å². The molecule has 178 valence electrons. The first-order valence-corrected chi connectivity index (χ1v) is 13.4. The molecule has 4 rings (SSSR count). The first-order valence-electron chi connectivity index (χ1n) is 11.6. The maximum atomic E-state index is 12.9. The van der Waals surface area contributed by atoms with E-state index in [9.17, 15) is 13.2 Å². The highest BCUT2D eigenvalue weighted by Crippen LogP contribution is 2.28. The van der Waals surface area contributed by atoms with E-state index in [2.05, 4.69) is 29.6 Å². The molecule has 0 atom stereocenters. The molecule has 3 aromatic carbocycles. The fourth-order valence-electron chi connectivity index (χ4n) is 4.49. The van der Waals surface area contributed by atoms with Crippen LogP contribution in [0.15, 0.2) is 89.8 Å². The van der Waals surface area contributed by atoms with Crippen molar-refractivity contribution in [3.8, 4) is 0 Å². The average molecular weight is 497 g/mol. The summed E-state index contributed by atoms with van der Waals surface area (Å²) < 4.78 is 27.2. The lowest BCUT2D eigenvalue weighted by Gasteiger charge is -2.30. The lowest BCUT2D eigenvalue weighted by Crippen LogP contribution is -2.43.